The second-order valence-electron chi connectivity index (χ2n) is 4.94. The summed E-state index contributed by atoms with van der Waals surface area (Å²) >= 11 is 6.41. The van der Waals surface area contributed by atoms with Gasteiger partial charge in [-0.3, -0.25) is 0 Å². The van der Waals surface area contributed by atoms with Crippen molar-refractivity contribution < 1.29 is 13.5 Å². The number of hydrogen-bond donors (Lipinski definition) is 3. The molecule has 0 bridgehead atoms. The van der Waals surface area contributed by atoms with Gasteiger partial charge in [0.1, 0.15) is 4.90 Å². The number of aliphatic hydroxyl groups is 1. The lowest BCUT2D eigenvalue weighted by molar-refractivity contribution is 0.240. The van der Waals surface area contributed by atoms with Crippen LogP contribution in [0.2, 0.25) is 0 Å². The Bertz CT molecular complexity index is 553. The average molecular weight is 430 g/mol. The third kappa shape index (κ3) is 4.70. The highest BCUT2D eigenvalue weighted by Crippen LogP contribution is 2.32. The lowest BCUT2D eigenvalue weighted by atomic mass is 10.1. The van der Waals surface area contributed by atoms with Crippen molar-refractivity contribution in [2.24, 2.45) is 5.92 Å². The van der Waals surface area contributed by atoms with Gasteiger partial charge in [0, 0.05) is 20.7 Å². The van der Waals surface area contributed by atoms with E-state index >= 15 is 0 Å². The Labute approximate surface area is 136 Å². The number of rotatable bonds is 6. The summed E-state index contributed by atoms with van der Waals surface area (Å²) in [5.74, 6) is 0.271. The van der Waals surface area contributed by atoms with Crippen LogP contribution in [0.3, 0.4) is 0 Å². The first-order chi connectivity index (χ1) is 9.17. The molecule has 0 saturated carbocycles. The van der Waals surface area contributed by atoms with Crippen molar-refractivity contribution in [2.75, 3.05) is 12.3 Å². The Balaban J connectivity index is 3.11. The molecule has 0 radical (unpaired) electrons. The van der Waals surface area contributed by atoms with Gasteiger partial charge in [0.05, 0.1) is 6.61 Å². The van der Waals surface area contributed by atoms with Gasteiger partial charge in [-0.05, 0) is 56.3 Å². The fourth-order valence-electron chi connectivity index (χ4n) is 1.84. The van der Waals surface area contributed by atoms with E-state index in [1.54, 1.807) is 0 Å². The first-order valence-corrected chi connectivity index (χ1v) is 9.12. The van der Waals surface area contributed by atoms with Gasteiger partial charge in [-0.25, -0.2) is 13.1 Å². The molecule has 0 amide bonds. The molecule has 20 heavy (non-hydrogen) atoms. The fourth-order valence-corrected chi connectivity index (χ4v) is 5.70. The highest BCUT2D eigenvalue weighted by molar-refractivity contribution is 9.11. The van der Waals surface area contributed by atoms with E-state index in [1.165, 1.54) is 12.1 Å². The summed E-state index contributed by atoms with van der Waals surface area (Å²) in [4.78, 5) is 0.0777. The lowest BCUT2D eigenvalue weighted by Crippen LogP contribution is -2.38. The van der Waals surface area contributed by atoms with Crippen LogP contribution in [-0.2, 0) is 10.0 Å². The van der Waals surface area contributed by atoms with Gasteiger partial charge < -0.3 is 10.8 Å². The summed E-state index contributed by atoms with van der Waals surface area (Å²) < 4.78 is 28.1. The number of nitrogens with two attached hydrogens (primary N) is 1. The third-order valence-electron chi connectivity index (χ3n) is 2.59. The SMILES string of the molecule is CC(C)CC(CO)NS(=O)(=O)c1c(Br)cc(N)cc1Br. The maximum atomic E-state index is 12.4. The highest BCUT2D eigenvalue weighted by Gasteiger charge is 2.25. The maximum Gasteiger partial charge on any atom is 0.243 e. The zero-order chi connectivity index (χ0) is 15.5. The largest absolute Gasteiger partial charge is 0.399 e. The predicted octanol–water partition coefficient (Wildman–Crippen LogP) is 2.48. The van der Waals surface area contributed by atoms with Crippen LogP contribution in [0.5, 0.6) is 0 Å². The maximum absolute atomic E-state index is 12.4. The first-order valence-electron chi connectivity index (χ1n) is 6.05. The van der Waals surface area contributed by atoms with E-state index in [0.29, 0.717) is 21.1 Å². The second-order valence-corrected chi connectivity index (χ2v) is 8.30. The molecule has 0 fully saturated rings. The molecule has 114 valence electrons. The fraction of sp³-hybridized carbons (Fsp3) is 0.500. The molecule has 0 aliphatic carbocycles. The zero-order valence-corrected chi connectivity index (χ0v) is 15.2. The highest BCUT2D eigenvalue weighted by atomic mass is 79.9. The standard InChI is InChI=1S/C12H18Br2N2O3S/c1-7(2)3-9(6-17)16-20(18,19)12-10(13)4-8(15)5-11(12)14/h4-5,7,9,16-17H,3,6,15H2,1-2H3. The molecule has 1 rings (SSSR count). The Hall–Kier alpha value is -0.150. The van der Waals surface area contributed by atoms with E-state index in [0.717, 1.165) is 0 Å². The van der Waals surface area contributed by atoms with E-state index < -0.39 is 16.1 Å². The minimum Gasteiger partial charge on any atom is -0.399 e. The summed E-state index contributed by atoms with van der Waals surface area (Å²) in [7, 11) is -3.75. The Morgan fingerprint density at radius 3 is 2.20 bits per heavy atom. The molecular formula is C12H18Br2N2O3S. The van der Waals surface area contributed by atoms with Crippen LogP contribution in [-0.4, -0.2) is 26.2 Å². The molecule has 1 aromatic rings. The van der Waals surface area contributed by atoms with Gasteiger partial charge in [0.15, 0.2) is 0 Å². The molecule has 4 N–H and O–H groups in total. The molecule has 0 aromatic heterocycles. The molecule has 1 atom stereocenters. The first kappa shape index (κ1) is 17.9. The van der Waals surface area contributed by atoms with Crippen molar-refractivity contribution in [2.45, 2.75) is 31.2 Å². The monoisotopic (exact) mass is 428 g/mol. The molecule has 5 nitrogen and oxygen atoms in total. The molecule has 0 aliphatic heterocycles. The van der Waals surface area contributed by atoms with E-state index in [2.05, 4.69) is 36.6 Å². The van der Waals surface area contributed by atoms with Gasteiger partial charge in [0.2, 0.25) is 10.0 Å². The van der Waals surface area contributed by atoms with Crippen molar-refractivity contribution in [1.29, 1.82) is 0 Å². The molecule has 1 unspecified atom stereocenters. The molecular weight excluding hydrogens is 412 g/mol. The van der Waals surface area contributed by atoms with Crippen LogP contribution >= 0.6 is 31.9 Å². The average Bonchev–Trinajstić information content (AvgIpc) is 2.24. The lowest BCUT2D eigenvalue weighted by Gasteiger charge is -2.19. The molecule has 8 heteroatoms. The van der Waals surface area contributed by atoms with Crippen molar-refractivity contribution in [3.8, 4) is 0 Å². The predicted molar refractivity (Wildman–Crippen MR) is 86.9 cm³/mol. The number of halogens is 2. The van der Waals surface area contributed by atoms with Crippen LogP contribution in [0, 0.1) is 5.92 Å². The van der Waals surface area contributed by atoms with Gasteiger partial charge in [-0.1, -0.05) is 13.8 Å². The van der Waals surface area contributed by atoms with E-state index in [1.807, 2.05) is 13.8 Å². The van der Waals surface area contributed by atoms with Gasteiger partial charge >= 0.3 is 0 Å². The molecule has 0 aliphatic rings. The van der Waals surface area contributed by atoms with Crippen LogP contribution in [0.15, 0.2) is 26.0 Å². The van der Waals surface area contributed by atoms with E-state index in [9.17, 15) is 13.5 Å². The minimum atomic E-state index is -3.75. The van der Waals surface area contributed by atoms with Crippen LogP contribution < -0.4 is 10.5 Å². The topological polar surface area (TPSA) is 92.4 Å². The van der Waals surface area contributed by atoms with Crippen LogP contribution in [0.4, 0.5) is 5.69 Å². The molecule has 0 saturated heterocycles. The summed E-state index contributed by atoms with van der Waals surface area (Å²) in [6.07, 6.45) is 0.555. The van der Waals surface area contributed by atoms with Crippen molar-refractivity contribution in [3.63, 3.8) is 0 Å². The number of nitrogens with one attached hydrogen (secondary N) is 1. The van der Waals surface area contributed by atoms with Crippen molar-refractivity contribution in [1.82, 2.24) is 4.72 Å². The Morgan fingerprint density at radius 2 is 1.80 bits per heavy atom. The number of benzene rings is 1. The second kappa shape index (κ2) is 7.22. The number of sulfonamides is 1. The summed E-state index contributed by atoms with van der Waals surface area (Å²) in [5.41, 5.74) is 6.10. The smallest absolute Gasteiger partial charge is 0.243 e. The summed E-state index contributed by atoms with van der Waals surface area (Å²) in [6.45, 7) is 3.68. The van der Waals surface area contributed by atoms with E-state index in [4.69, 9.17) is 5.73 Å². The number of nitrogen functional groups attached to an aromatic ring is 1. The Morgan fingerprint density at radius 1 is 1.30 bits per heavy atom. The van der Waals surface area contributed by atoms with Crippen molar-refractivity contribution >= 4 is 47.6 Å². The number of hydrogen-bond acceptors (Lipinski definition) is 4. The van der Waals surface area contributed by atoms with Crippen LogP contribution in [0.1, 0.15) is 20.3 Å². The molecule has 0 heterocycles. The zero-order valence-electron chi connectivity index (χ0n) is 11.2. The number of anilines is 1. The van der Waals surface area contributed by atoms with Gasteiger partial charge in [-0.15, -0.1) is 0 Å². The quantitative estimate of drug-likeness (QED) is 0.605. The number of aliphatic hydroxyl groups excluding tert-OH is 1. The minimum absolute atomic E-state index is 0.0777. The van der Waals surface area contributed by atoms with Gasteiger partial charge in [-0.2, -0.15) is 0 Å². The molecule has 0 spiro atoms. The van der Waals surface area contributed by atoms with Crippen molar-refractivity contribution in [3.05, 3.63) is 21.1 Å². The van der Waals surface area contributed by atoms with Gasteiger partial charge in [0.25, 0.3) is 0 Å². The van der Waals surface area contributed by atoms with E-state index in [-0.39, 0.29) is 17.4 Å². The normalized spacial score (nSPS) is 13.7. The molecule has 1 aromatic carbocycles. The third-order valence-corrected chi connectivity index (χ3v) is 5.98. The summed E-state index contributed by atoms with van der Waals surface area (Å²) in [6, 6.07) is 2.53. The summed E-state index contributed by atoms with van der Waals surface area (Å²) in [5, 5.41) is 9.30. The van der Waals surface area contributed by atoms with Crippen LogP contribution in [0.25, 0.3) is 0 Å². The Kier molecular flexibility index (Phi) is 6.46.